The molecular formula is C15H17FN2O. The molecule has 0 aliphatic carbocycles. The third kappa shape index (κ3) is 3.51. The zero-order valence-corrected chi connectivity index (χ0v) is 10.8. The van der Waals surface area contributed by atoms with Gasteiger partial charge in [0.25, 0.3) is 0 Å². The van der Waals surface area contributed by atoms with Gasteiger partial charge >= 0.3 is 0 Å². The second-order valence-electron chi connectivity index (χ2n) is 4.35. The van der Waals surface area contributed by atoms with E-state index in [1.165, 1.54) is 12.1 Å². The lowest BCUT2D eigenvalue weighted by atomic mass is 10.0. The SMILES string of the molecule is CCC(N)C(Oc1cccc(F)c1)c1cccnc1. The quantitative estimate of drug-likeness (QED) is 0.898. The number of aromatic nitrogens is 1. The molecular weight excluding hydrogens is 243 g/mol. The molecule has 0 aliphatic rings. The molecule has 0 bridgehead atoms. The predicted octanol–water partition coefficient (Wildman–Crippen LogP) is 3.08. The third-order valence-electron chi connectivity index (χ3n) is 2.93. The topological polar surface area (TPSA) is 48.1 Å². The molecule has 3 nitrogen and oxygen atoms in total. The summed E-state index contributed by atoms with van der Waals surface area (Å²) >= 11 is 0. The average molecular weight is 260 g/mol. The third-order valence-corrected chi connectivity index (χ3v) is 2.93. The Kier molecular flexibility index (Phi) is 4.47. The molecule has 1 aromatic carbocycles. The van der Waals surface area contributed by atoms with Gasteiger partial charge in [0.05, 0.1) is 0 Å². The minimum Gasteiger partial charge on any atom is -0.484 e. The van der Waals surface area contributed by atoms with Crippen LogP contribution in [-0.2, 0) is 0 Å². The second-order valence-corrected chi connectivity index (χ2v) is 4.35. The number of nitrogens with zero attached hydrogens (tertiary/aromatic N) is 1. The van der Waals surface area contributed by atoms with Crippen molar-refractivity contribution in [1.29, 1.82) is 0 Å². The lowest BCUT2D eigenvalue weighted by molar-refractivity contribution is 0.170. The van der Waals surface area contributed by atoms with Crippen molar-refractivity contribution in [2.24, 2.45) is 5.73 Å². The first-order chi connectivity index (χ1) is 9.20. The molecule has 19 heavy (non-hydrogen) atoms. The van der Waals surface area contributed by atoms with Gasteiger partial charge in [0, 0.05) is 30.1 Å². The summed E-state index contributed by atoms with van der Waals surface area (Å²) in [6, 6.07) is 9.63. The Morgan fingerprint density at radius 3 is 2.79 bits per heavy atom. The summed E-state index contributed by atoms with van der Waals surface area (Å²) < 4.78 is 19.0. The first-order valence-corrected chi connectivity index (χ1v) is 6.28. The smallest absolute Gasteiger partial charge is 0.140 e. The van der Waals surface area contributed by atoms with E-state index in [1.807, 2.05) is 19.1 Å². The first kappa shape index (κ1) is 13.5. The zero-order valence-electron chi connectivity index (χ0n) is 10.8. The van der Waals surface area contributed by atoms with Crippen molar-refractivity contribution in [3.63, 3.8) is 0 Å². The summed E-state index contributed by atoms with van der Waals surface area (Å²) in [5.41, 5.74) is 6.98. The van der Waals surface area contributed by atoms with Gasteiger partial charge in [-0.2, -0.15) is 0 Å². The molecule has 0 aliphatic heterocycles. The van der Waals surface area contributed by atoms with Crippen LogP contribution in [0.25, 0.3) is 0 Å². The van der Waals surface area contributed by atoms with Crippen LogP contribution in [0.4, 0.5) is 4.39 Å². The molecule has 100 valence electrons. The van der Waals surface area contributed by atoms with E-state index in [2.05, 4.69) is 4.98 Å². The molecule has 0 saturated carbocycles. The molecule has 0 fully saturated rings. The van der Waals surface area contributed by atoms with Crippen LogP contribution in [0.2, 0.25) is 0 Å². The summed E-state index contributed by atoms with van der Waals surface area (Å²) in [4.78, 5) is 4.07. The minimum absolute atomic E-state index is 0.174. The number of benzene rings is 1. The van der Waals surface area contributed by atoms with Crippen molar-refractivity contribution in [2.45, 2.75) is 25.5 Å². The van der Waals surface area contributed by atoms with Crippen LogP contribution in [0.5, 0.6) is 5.75 Å². The number of hydrogen-bond donors (Lipinski definition) is 1. The van der Waals surface area contributed by atoms with Gasteiger partial charge in [0.2, 0.25) is 0 Å². The molecule has 0 radical (unpaired) electrons. The Morgan fingerprint density at radius 2 is 2.16 bits per heavy atom. The lowest BCUT2D eigenvalue weighted by Gasteiger charge is -2.24. The van der Waals surface area contributed by atoms with Gasteiger partial charge in [0.15, 0.2) is 0 Å². The van der Waals surface area contributed by atoms with E-state index in [0.29, 0.717) is 5.75 Å². The average Bonchev–Trinajstić information content (AvgIpc) is 2.45. The standard InChI is InChI=1S/C15H17FN2O/c1-2-14(17)15(11-5-4-8-18-10-11)19-13-7-3-6-12(16)9-13/h3-10,14-15H,2,17H2,1H3. The van der Waals surface area contributed by atoms with Crippen molar-refractivity contribution in [1.82, 2.24) is 4.98 Å². The molecule has 0 amide bonds. The molecule has 1 aromatic heterocycles. The van der Waals surface area contributed by atoms with Crippen LogP contribution in [0.15, 0.2) is 48.8 Å². The highest BCUT2D eigenvalue weighted by molar-refractivity contribution is 5.25. The van der Waals surface area contributed by atoms with E-state index in [9.17, 15) is 4.39 Å². The molecule has 2 N–H and O–H groups in total. The van der Waals surface area contributed by atoms with Gasteiger partial charge in [0.1, 0.15) is 17.7 Å². The maximum Gasteiger partial charge on any atom is 0.140 e. The zero-order chi connectivity index (χ0) is 13.7. The van der Waals surface area contributed by atoms with E-state index in [1.54, 1.807) is 24.5 Å². The summed E-state index contributed by atoms with van der Waals surface area (Å²) in [6.45, 7) is 1.99. The Morgan fingerprint density at radius 1 is 1.32 bits per heavy atom. The van der Waals surface area contributed by atoms with E-state index in [4.69, 9.17) is 10.5 Å². The van der Waals surface area contributed by atoms with Crippen LogP contribution in [0.1, 0.15) is 25.0 Å². The fourth-order valence-electron chi connectivity index (χ4n) is 1.85. The van der Waals surface area contributed by atoms with Crippen molar-refractivity contribution in [2.75, 3.05) is 0 Å². The molecule has 2 atom stereocenters. The van der Waals surface area contributed by atoms with Gasteiger partial charge in [-0.25, -0.2) is 4.39 Å². The Hall–Kier alpha value is -1.94. The molecule has 2 rings (SSSR count). The van der Waals surface area contributed by atoms with Crippen LogP contribution in [0.3, 0.4) is 0 Å². The maximum absolute atomic E-state index is 13.2. The highest BCUT2D eigenvalue weighted by Crippen LogP contribution is 2.25. The number of hydrogen-bond acceptors (Lipinski definition) is 3. The summed E-state index contributed by atoms with van der Waals surface area (Å²) in [6.07, 6.45) is 3.84. The summed E-state index contributed by atoms with van der Waals surface area (Å²) in [5, 5.41) is 0. The van der Waals surface area contributed by atoms with Gasteiger partial charge in [-0.1, -0.05) is 19.1 Å². The highest BCUT2D eigenvalue weighted by Gasteiger charge is 2.20. The van der Waals surface area contributed by atoms with Gasteiger partial charge < -0.3 is 10.5 Å². The van der Waals surface area contributed by atoms with Crippen molar-refractivity contribution < 1.29 is 9.13 Å². The van der Waals surface area contributed by atoms with E-state index in [-0.39, 0.29) is 18.0 Å². The van der Waals surface area contributed by atoms with Gasteiger partial charge in [-0.05, 0) is 24.6 Å². The maximum atomic E-state index is 13.2. The number of pyridine rings is 1. The monoisotopic (exact) mass is 260 g/mol. The Balaban J connectivity index is 2.24. The highest BCUT2D eigenvalue weighted by atomic mass is 19.1. The Labute approximate surface area is 112 Å². The first-order valence-electron chi connectivity index (χ1n) is 6.28. The van der Waals surface area contributed by atoms with Crippen molar-refractivity contribution >= 4 is 0 Å². The van der Waals surface area contributed by atoms with E-state index >= 15 is 0 Å². The van der Waals surface area contributed by atoms with E-state index in [0.717, 1.165) is 12.0 Å². The second kappa shape index (κ2) is 6.29. The van der Waals surface area contributed by atoms with Crippen LogP contribution in [0, 0.1) is 5.82 Å². The lowest BCUT2D eigenvalue weighted by Crippen LogP contribution is -2.31. The van der Waals surface area contributed by atoms with Crippen LogP contribution in [-0.4, -0.2) is 11.0 Å². The molecule has 0 saturated heterocycles. The fraction of sp³-hybridized carbons (Fsp3) is 0.267. The number of ether oxygens (including phenoxy) is 1. The minimum atomic E-state index is -0.333. The number of rotatable bonds is 5. The van der Waals surface area contributed by atoms with Crippen molar-refractivity contribution in [3.05, 3.63) is 60.2 Å². The number of halogens is 1. The number of nitrogens with two attached hydrogens (primary N) is 1. The summed E-state index contributed by atoms with van der Waals surface area (Å²) in [5.74, 6) is 0.144. The predicted molar refractivity (Wildman–Crippen MR) is 72.3 cm³/mol. The summed E-state index contributed by atoms with van der Waals surface area (Å²) in [7, 11) is 0. The molecule has 4 heteroatoms. The molecule has 2 aromatic rings. The molecule has 2 unspecified atom stereocenters. The van der Waals surface area contributed by atoms with Crippen LogP contribution < -0.4 is 10.5 Å². The van der Waals surface area contributed by atoms with Gasteiger partial charge in [-0.3, -0.25) is 4.98 Å². The van der Waals surface area contributed by atoms with Crippen molar-refractivity contribution in [3.8, 4) is 5.75 Å². The van der Waals surface area contributed by atoms with Gasteiger partial charge in [-0.15, -0.1) is 0 Å². The fourth-order valence-corrected chi connectivity index (χ4v) is 1.85. The molecule has 0 spiro atoms. The normalized spacial score (nSPS) is 13.8. The van der Waals surface area contributed by atoms with Crippen LogP contribution >= 0.6 is 0 Å². The molecule has 1 heterocycles. The Bertz CT molecular complexity index is 519. The largest absolute Gasteiger partial charge is 0.484 e. The van der Waals surface area contributed by atoms with E-state index < -0.39 is 0 Å².